The molecule has 5 atom stereocenters. The maximum atomic E-state index is 3.71. The van der Waals surface area contributed by atoms with Crippen LogP contribution in [-0.4, -0.2) is 36.1 Å². The lowest BCUT2D eigenvalue weighted by atomic mass is 9.93. The molecule has 1 aliphatic heterocycles. The third kappa shape index (κ3) is 2.68. The minimum atomic E-state index is 0.723. The fraction of sp³-hybridized carbons (Fsp3) is 1.00. The summed E-state index contributed by atoms with van der Waals surface area (Å²) in [5, 5.41) is 3.71. The first-order chi connectivity index (χ1) is 8.17. The summed E-state index contributed by atoms with van der Waals surface area (Å²) in [6, 6.07) is 2.35. The van der Waals surface area contributed by atoms with Gasteiger partial charge in [-0.05, 0) is 37.5 Å². The number of hydrogen-bond donors (Lipinski definition) is 1. The topological polar surface area (TPSA) is 15.3 Å². The Hall–Kier alpha value is -0.0800. The first-order valence-electron chi connectivity index (χ1n) is 7.66. The number of piperazine rings is 1. The molecular weight excluding hydrogens is 208 g/mol. The second kappa shape index (κ2) is 5.71. The molecule has 1 saturated carbocycles. The van der Waals surface area contributed by atoms with Crippen molar-refractivity contribution in [2.24, 2.45) is 11.8 Å². The Kier molecular flexibility index (Phi) is 4.48. The summed E-state index contributed by atoms with van der Waals surface area (Å²) in [7, 11) is 0. The van der Waals surface area contributed by atoms with Gasteiger partial charge in [-0.1, -0.05) is 27.7 Å². The zero-order valence-corrected chi connectivity index (χ0v) is 12.1. The number of rotatable bonds is 3. The minimum Gasteiger partial charge on any atom is -0.311 e. The molecule has 1 heterocycles. The van der Waals surface area contributed by atoms with Gasteiger partial charge >= 0.3 is 0 Å². The maximum Gasteiger partial charge on any atom is 0.0221 e. The molecule has 0 radical (unpaired) electrons. The van der Waals surface area contributed by atoms with Crippen molar-refractivity contribution in [1.29, 1.82) is 0 Å². The largest absolute Gasteiger partial charge is 0.311 e. The Balaban J connectivity index is 2.04. The smallest absolute Gasteiger partial charge is 0.0221 e. The van der Waals surface area contributed by atoms with Crippen LogP contribution in [0.15, 0.2) is 0 Å². The molecule has 0 amide bonds. The molecule has 1 saturated heterocycles. The van der Waals surface area contributed by atoms with Crippen LogP contribution in [-0.2, 0) is 0 Å². The van der Waals surface area contributed by atoms with Gasteiger partial charge in [-0.15, -0.1) is 0 Å². The van der Waals surface area contributed by atoms with Crippen LogP contribution < -0.4 is 5.32 Å². The Labute approximate surface area is 107 Å². The Morgan fingerprint density at radius 1 is 1.12 bits per heavy atom. The van der Waals surface area contributed by atoms with E-state index in [2.05, 4.69) is 37.9 Å². The van der Waals surface area contributed by atoms with Crippen molar-refractivity contribution in [3.05, 3.63) is 0 Å². The molecular formula is C15H30N2. The van der Waals surface area contributed by atoms with Crippen LogP contribution in [0, 0.1) is 11.8 Å². The van der Waals surface area contributed by atoms with Crippen LogP contribution in [0.3, 0.4) is 0 Å². The molecule has 1 N–H and O–H groups in total. The van der Waals surface area contributed by atoms with Gasteiger partial charge in [0.05, 0.1) is 0 Å². The van der Waals surface area contributed by atoms with Crippen molar-refractivity contribution >= 4 is 0 Å². The van der Waals surface area contributed by atoms with Gasteiger partial charge in [-0.3, -0.25) is 4.90 Å². The summed E-state index contributed by atoms with van der Waals surface area (Å²) >= 11 is 0. The van der Waals surface area contributed by atoms with Crippen LogP contribution in [0.5, 0.6) is 0 Å². The zero-order chi connectivity index (χ0) is 12.4. The molecule has 0 aromatic heterocycles. The molecule has 2 nitrogen and oxygen atoms in total. The van der Waals surface area contributed by atoms with E-state index in [9.17, 15) is 0 Å². The molecule has 2 aliphatic rings. The zero-order valence-electron chi connectivity index (χ0n) is 12.1. The highest BCUT2D eigenvalue weighted by Crippen LogP contribution is 2.36. The third-order valence-electron chi connectivity index (χ3n) is 5.35. The normalized spacial score (nSPS) is 44.1. The van der Waals surface area contributed by atoms with E-state index >= 15 is 0 Å². The summed E-state index contributed by atoms with van der Waals surface area (Å²) in [4.78, 5) is 2.85. The fourth-order valence-corrected chi connectivity index (χ4v) is 3.75. The molecule has 0 bridgehead atoms. The van der Waals surface area contributed by atoms with Crippen LogP contribution in [0.1, 0.15) is 53.4 Å². The second-order valence-corrected chi connectivity index (χ2v) is 6.25. The van der Waals surface area contributed by atoms with Crippen molar-refractivity contribution in [1.82, 2.24) is 10.2 Å². The van der Waals surface area contributed by atoms with Crippen molar-refractivity contribution < 1.29 is 0 Å². The van der Waals surface area contributed by atoms with E-state index in [4.69, 9.17) is 0 Å². The fourth-order valence-electron chi connectivity index (χ4n) is 3.75. The Bertz CT molecular complexity index is 241. The van der Waals surface area contributed by atoms with E-state index in [0.29, 0.717) is 0 Å². The second-order valence-electron chi connectivity index (χ2n) is 6.25. The van der Waals surface area contributed by atoms with Crippen molar-refractivity contribution in [3.8, 4) is 0 Å². The van der Waals surface area contributed by atoms with Gasteiger partial charge in [0.15, 0.2) is 0 Å². The summed E-state index contributed by atoms with van der Waals surface area (Å²) in [5.74, 6) is 1.81. The minimum absolute atomic E-state index is 0.723. The number of nitrogens with zero attached hydrogens (tertiary/aromatic N) is 1. The van der Waals surface area contributed by atoms with E-state index < -0.39 is 0 Å². The average Bonchev–Trinajstić information content (AvgIpc) is 2.69. The summed E-state index contributed by atoms with van der Waals surface area (Å²) < 4.78 is 0. The molecule has 1 aliphatic carbocycles. The Morgan fingerprint density at radius 2 is 1.88 bits per heavy atom. The van der Waals surface area contributed by atoms with Crippen molar-refractivity contribution in [2.75, 3.05) is 13.1 Å². The molecule has 2 heteroatoms. The molecule has 100 valence electrons. The van der Waals surface area contributed by atoms with Gasteiger partial charge in [0.1, 0.15) is 0 Å². The quantitative estimate of drug-likeness (QED) is 0.813. The number of hydrogen-bond acceptors (Lipinski definition) is 2. The summed E-state index contributed by atoms with van der Waals surface area (Å²) in [6.07, 6.45) is 5.42. The predicted molar refractivity (Wildman–Crippen MR) is 74.2 cm³/mol. The molecule has 0 aromatic rings. The SMILES string of the molecule is CCC1CN(C2CCC(C)C2C)C(CC)CN1. The molecule has 2 rings (SSSR count). The lowest BCUT2D eigenvalue weighted by Crippen LogP contribution is -2.59. The van der Waals surface area contributed by atoms with Gasteiger partial charge in [0.2, 0.25) is 0 Å². The van der Waals surface area contributed by atoms with Gasteiger partial charge in [-0.25, -0.2) is 0 Å². The molecule has 5 unspecified atom stereocenters. The lowest BCUT2D eigenvalue weighted by Gasteiger charge is -2.45. The monoisotopic (exact) mass is 238 g/mol. The highest BCUT2D eigenvalue weighted by atomic mass is 15.3. The van der Waals surface area contributed by atoms with E-state index in [1.165, 1.54) is 38.8 Å². The molecule has 0 aromatic carbocycles. The first-order valence-corrected chi connectivity index (χ1v) is 7.66. The van der Waals surface area contributed by atoms with Crippen LogP contribution in [0.2, 0.25) is 0 Å². The van der Waals surface area contributed by atoms with Crippen molar-refractivity contribution in [3.63, 3.8) is 0 Å². The van der Waals surface area contributed by atoms with Crippen molar-refractivity contribution in [2.45, 2.75) is 71.5 Å². The van der Waals surface area contributed by atoms with Gasteiger partial charge in [0, 0.05) is 31.2 Å². The van der Waals surface area contributed by atoms with Gasteiger partial charge in [0.25, 0.3) is 0 Å². The highest BCUT2D eigenvalue weighted by Gasteiger charge is 2.38. The van der Waals surface area contributed by atoms with E-state index in [1.54, 1.807) is 0 Å². The number of nitrogens with one attached hydrogen (secondary N) is 1. The lowest BCUT2D eigenvalue weighted by molar-refractivity contribution is 0.0581. The van der Waals surface area contributed by atoms with E-state index in [-0.39, 0.29) is 0 Å². The summed E-state index contributed by atoms with van der Waals surface area (Å²) in [5.41, 5.74) is 0. The maximum absolute atomic E-state index is 3.71. The van der Waals surface area contributed by atoms with Gasteiger partial charge < -0.3 is 5.32 Å². The average molecular weight is 238 g/mol. The summed E-state index contributed by atoms with van der Waals surface area (Å²) in [6.45, 7) is 12.0. The Morgan fingerprint density at radius 3 is 2.41 bits per heavy atom. The van der Waals surface area contributed by atoms with E-state index in [1.807, 2.05) is 0 Å². The molecule has 2 fully saturated rings. The van der Waals surface area contributed by atoms with Crippen LogP contribution in [0.4, 0.5) is 0 Å². The van der Waals surface area contributed by atoms with Gasteiger partial charge in [-0.2, -0.15) is 0 Å². The first kappa shape index (κ1) is 13.4. The highest BCUT2D eigenvalue weighted by molar-refractivity contribution is 4.94. The third-order valence-corrected chi connectivity index (χ3v) is 5.35. The van der Waals surface area contributed by atoms with E-state index in [0.717, 1.165) is 30.0 Å². The van der Waals surface area contributed by atoms with Crippen LogP contribution >= 0.6 is 0 Å². The standard InChI is InChI=1S/C15H30N2/c1-5-13-10-17(14(6-2)9-16-13)15-8-7-11(3)12(15)4/h11-16H,5-10H2,1-4H3. The van der Waals surface area contributed by atoms with Crippen LogP contribution in [0.25, 0.3) is 0 Å². The molecule has 0 spiro atoms. The predicted octanol–water partition coefficient (Wildman–Crippen LogP) is 2.88. The molecule has 17 heavy (non-hydrogen) atoms.